The van der Waals surface area contributed by atoms with Gasteiger partial charge in [-0.25, -0.2) is 0 Å². The minimum atomic E-state index is -0.558. The number of rotatable bonds is 3. The fourth-order valence-electron chi connectivity index (χ4n) is 4.11. The Kier molecular flexibility index (Phi) is 9.02. The van der Waals surface area contributed by atoms with E-state index in [9.17, 15) is 5.11 Å². The number of likely N-dealkylation sites (N-methyl/N-ethyl adjacent to an activating group) is 1. The van der Waals surface area contributed by atoms with Gasteiger partial charge in [-0.05, 0) is 40.3 Å². The summed E-state index contributed by atoms with van der Waals surface area (Å²) in [5.41, 5.74) is 0. The highest BCUT2D eigenvalue weighted by molar-refractivity contribution is 4.85. The Balaban J connectivity index is 1.89. The smallest absolute Gasteiger partial charge is 0.185 e. The summed E-state index contributed by atoms with van der Waals surface area (Å²) in [6, 6.07) is 0.116. The molecule has 4 heteroatoms. The first-order valence-corrected chi connectivity index (χ1v) is 10.2. The lowest BCUT2D eigenvalue weighted by atomic mass is 9.98. The molecule has 4 nitrogen and oxygen atoms in total. The molecule has 0 aromatic heterocycles. The lowest BCUT2D eigenvalue weighted by Crippen LogP contribution is -2.54. The van der Waals surface area contributed by atoms with Gasteiger partial charge in [-0.2, -0.15) is 0 Å². The van der Waals surface area contributed by atoms with Crippen LogP contribution >= 0.6 is 0 Å². The van der Waals surface area contributed by atoms with Crippen LogP contribution in [0.3, 0.4) is 0 Å². The molecule has 0 unspecified atom stereocenters. The van der Waals surface area contributed by atoms with Crippen molar-refractivity contribution in [2.75, 3.05) is 14.1 Å². The summed E-state index contributed by atoms with van der Waals surface area (Å²) in [6.45, 7) is 2.08. The first-order valence-electron chi connectivity index (χ1n) is 10.2. The molecule has 0 aromatic rings. The molecule has 4 atom stereocenters. The van der Waals surface area contributed by atoms with Crippen molar-refractivity contribution in [2.24, 2.45) is 0 Å². The van der Waals surface area contributed by atoms with Crippen LogP contribution < -0.4 is 0 Å². The van der Waals surface area contributed by atoms with Crippen LogP contribution in [0.5, 0.6) is 0 Å². The van der Waals surface area contributed by atoms with Crippen molar-refractivity contribution in [3.05, 3.63) is 0 Å². The zero-order chi connectivity index (χ0) is 17.4. The molecule has 0 spiro atoms. The maximum Gasteiger partial charge on any atom is 0.185 e. The summed E-state index contributed by atoms with van der Waals surface area (Å²) < 4.78 is 12.3. The maximum absolute atomic E-state index is 10.7. The second-order valence-corrected chi connectivity index (χ2v) is 8.09. The number of aliphatic hydroxyl groups excluding tert-OH is 1. The van der Waals surface area contributed by atoms with Crippen LogP contribution in [0.25, 0.3) is 0 Å². The summed E-state index contributed by atoms with van der Waals surface area (Å²) in [7, 11) is 4.05. The minimum absolute atomic E-state index is 0.116. The first kappa shape index (κ1) is 20.2. The molecule has 1 N–H and O–H groups in total. The predicted molar refractivity (Wildman–Crippen MR) is 98.1 cm³/mol. The van der Waals surface area contributed by atoms with Gasteiger partial charge in [0.05, 0.1) is 12.2 Å². The molecule has 0 amide bonds. The molecule has 1 saturated carbocycles. The van der Waals surface area contributed by atoms with E-state index in [-0.39, 0.29) is 18.2 Å². The van der Waals surface area contributed by atoms with Crippen molar-refractivity contribution in [3.8, 4) is 0 Å². The van der Waals surface area contributed by atoms with Crippen LogP contribution in [-0.4, -0.2) is 54.7 Å². The van der Waals surface area contributed by atoms with Crippen LogP contribution in [0.15, 0.2) is 0 Å². The Morgan fingerprint density at radius 3 is 1.88 bits per heavy atom. The van der Waals surface area contributed by atoms with Gasteiger partial charge < -0.3 is 19.5 Å². The normalized spacial score (nSPS) is 35.4. The van der Waals surface area contributed by atoms with Crippen LogP contribution in [0.1, 0.15) is 84.0 Å². The number of hydrogen-bond acceptors (Lipinski definition) is 4. The van der Waals surface area contributed by atoms with Gasteiger partial charge in [0.1, 0.15) is 6.10 Å². The Hall–Kier alpha value is -0.160. The topological polar surface area (TPSA) is 41.9 Å². The summed E-state index contributed by atoms with van der Waals surface area (Å²) in [5, 5.41) is 10.7. The molecule has 2 fully saturated rings. The van der Waals surface area contributed by atoms with Crippen LogP contribution in [0, 0.1) is 0 Å². The van der Waals surface area contributed by atoms with Crippen LogP contribution in [0.2, 0.25) is 0 Å². The molecular weight excluding hydrogens is 302 g/mol. The van der Waals surface area contributed by atoms with E-state index in [0.29, 0.717) is 0 Å². The molecule has 24 heavy (non-hydrogen) atoms. The van der Waals surface area contributed by atoms with Crippen molar-refractivity contribution in [1.82, 2.24) is 4.90 Å². The van der Waals surface area contributed by atoms with E-state index >= 15 is 0 Å². The van der Waals surface area contributed by atoms with Crippen LogP contribution in [0.4, 0.5) is 0 Å². The molecule has 0 aromatic carbocycles. The quantitative estimate of drug-likeness (QED) is 0.839. The van der Waals surface area contributed by atoms with Gasteiger partial charge in [0, 0.05) is 6.04 Å². The molecule has 1 heterocycles. The molecule has 0 bridgehead atoms. The number of aliphatic hydroxyl groups is 1. The third-order valence-corrected chi connectivity index (χ3v) is 5.65. The Morgan fingerprint density at radius 1 is 0.875 bits per heavy atom. The lowest BCUT2D eigenvalue weighted by Gasteiger charge is -2.42. The fourth-order valence-corrected chi connectivity index (χ4v) is 4.11. The molecule has 1 saturated heterocycles. The highest BCUT2D eigenvalue weighted by Crippen LogP contribution is 2.27. The Bertz CT molecular complexity index is 325. The van der Waals surface area contributed by atoms with Crippen LogP contribution in [-0.2, 0) is 9.47 Å². The first-order chi connectivity index (χ1) is 11.6. The summed E-state index contributed by atoms with van der Waals surface area (Å²) in [5.74, 6) is 0. The largest absolute Gasteiger partial charge is 0.386 e. The van der Waals surface area contributed by atoms with Gasteiger partial charge in [-0.1, -0.05) is 57.8 Å². The third kappa shape index (κ3) is 6.62. The van der Waals surface area contributed by atoms with Gasteiger partial charge in [-0.3, -0.25) is 0 Å². The number of nitrogens with zero attached hydrogens (tertiary/aromatic N) is 1. The minimum Gasteiger partial charge on any atom is -0.386 e. The highest BCUT2D eigenvalue weighted by Gasteiger charge is 2.38. The van der Waals surface area contributed by atoms with E-state index in [0.717, 1.165) is 19.3 Å². The molecule has 2 rings (SSSR count). The molecule has 1 aliphatic heterocycles. The summed E-state index contributed by atoms with van der Waals surface area (Å²) in [4.78, 5) is 2.10. The van der Waals surface area contributed by atoms with Crippen molar-refractivity contribution in [1.29, 1.82) is 0 Å². The zero-order valence-corrected chi connectivity index (χ0v) is 16.1. The molecule has 1 aliphatic carbocycles. The summed E-state index contributed by atoms with van der Waals surface area (Å²) >= 11 is 0. The Labute approximate surface area is 148 Å². The zero-order valence-electron chi connectivity index (χ0n) is 16.1. The second kappa shape index (κ2) is 10.7. The highest BCUT2D eigenvalue weighted by atomic mass is 16.7. The Morgan fingerprint density at radius 2 is 1.38 bits per heavy atom. The molecular formula is C20H39NO3. The van der Waals surface area contributed by atoms with Gasteiger partial charge in [-0.15, -0.1) is 0 Å². The average Bonchev–Trinajstić information content (AvgIpc) is 2.52. The molecule has 0 radical (unpaired) electrons. The van der Waals surface area contributed by atoms with Crippen molar-refractivity contribution < 1.29 is 14.6 Å². The van der Waals surface area contributed by atoms with Gasteiger partial charge in [0.15, 0.2) is 6.29 Å². The monoisotopic (exact) mass is 341 g/mol. The maximum atomic E-state index is 10.7. The van der Waals surface area contributed by atoms with Gasteiger partial charge >= 0.3 is 0 Å². The third-order valence-electron chi connectivity index (χ3n) is 5.65. The SMILES string of the molecule is C[C@@H]1C[C@H](N(C)C)[C@@H](O)[C@H](OC2CCCCCCCCCCC2)O1. The van der Waals surface area contributed by atoms with E-state index in [2.05, 4.69) is 11.8 Å². The van der Waals surface area contributed by atoms with Gasteiger partial charge in [0.25, 0.3) is 0 Å². The van der Waals surface area contributed by atoms with E-state index in [1.807, 2.05) is 14.1 Å². The lowest BCUT2D eigenvalue weighted by molar-refractivity contribution is -0.269. The fraction of sp³-hybridized carbons (Fsp3) is 1.00. The van der Waals surface area contributed by atoms with E-state index in [1.54, 1.807) is 0 Å². The van der Waals surface area contributed by atoms with Gasteiger partial charge in [0.2, 0.25) is 0 Å². The number of ether oxygens (including phenoxy) is 2. The van der Waals surface area contributed by atoms with Crippen molar-refractivity contribution in [3.63, 3.8) is 0 Å². The molecule has 2 aliphatic rings. The van der Waals surface area contributed by atoms with E-state index in [4.69, 9.17) is 9.47 Å². The standard InChI is InChI=1S/C20H39NO3/c1-16-15-18(21(2)3)19(22)20(23-16)24-17-13-11-9-7-5-4-6-8-10-12-14-17/h16-20,22H,4-15H2,1-3H3/t16-,18+,19-,20+/m1/s1. The van der Waals surface area contributed by atoms with E-state index in [1.165, 1.54) is 57.8 Å². The second-order valence-electron chi connectivity index (χ2n) is 8.09. The van der Waals surface area contributed by atoms with E-state index < -0.39 is 12.4 Å². The average molecular weight is 342 g/mol. The van der Waals surface area contributed by atoms with Crippen molar-refractivity contribution in [2.45, 2.75) is 115 Å². The molecule has 142 valence electrons. The van der Waals surface area contributed by atoms with Crippen molar-refractivity contribution >= 4 is 0 Å². The predicted octanol–water partition coefficient (Wildman–Crippen LogP) is 4.10. The number of hydrogen-bond donors (Lipinski definition) is 1. The summed E-state index contributed by atoms with van der Waals surface area (Å²) in [6.07, 6.45) is 14.4.